The van der Waals surface area contributed by atoms with Crippen molar-refractivity contribution in [2.75, 3.05) is 0 Å². The van der Waals surface area contributed by atoms with E-state index < -0.39 is 13.8 Å². The molecule has 0 unspecified atom stereocenters. The van der Waals surface area contributed by atoms with Crippen LogP contribution in [-0.2, 0) is 44.6 Å². The van der Waals surface area contributed by atoms with Crippen molar-refractivity contribution in [1.82, 2.24) is 18.7 Å². The van der Waals surface area contributed by atoms with Gasteiger partial charge in [0.15, 0.2) is 0 Å². The van der Waals surface area contributed by atoms with Gasteiger partial charge in [-0.25, -0.2) is 0 Å². The number of aryl methyl sites for hydroxylation is 4. The zero-order chi connectivity index (χ0) is 40.7. The molecule has 1 aliphatic carbocycles. The molecular formula is C46H42N4OPt. The molecule has 0 atom stereocenters. The molecule has 0 N–H and O–H groups in total. The summed E-state index contributed by atoms with van der Waals surface area (Å²) in [4.78, 5) is 4.99. The summed E-state index contributed by atoms with van der Waals surface area (Å²) in [5, 5.41) is 2.10. The molecule has 6 heteroatoms. The van der Waals surface area contributed by atoms with E-state index in [1.54, 1.807) is 12.3 Å². The van der Waals surface area contributed by atoms with Crippen LogP contribution in [0.1, 0.15) is 64.1 Å². The Labute approximate surface area is 324 Å². The van der Waals surface area contributed by atoms with E-state index in [0.29, 0.717) is 32.2 Å². The van der Waals surface area contributed by atoms with Crippen LogP contribution in [0.15, 0.2) is 115 Å². The van der Waals surface area contributed by atoms with Crippen molar-refractivity contribution in [3.8, 4) is 34.1 Å². The van der Waals surface area contributed by atoms with Crippen LogP contribution in [-0.4, -0.2) is 18.7 Å². The SMILES string of the molecule is [2H]C([2H])([2H])c1cc(-n2c3cc(Oc4cccc(-n5[c](=[Pt])n(C([2H])([2H])[2H])c6ccccc65)c4)ccc3c3cc4c(cc32)CCCC4)ncc1-c1ccc(C(C)(C)C)cc1. The Kier molecular flexibility index (Phi) is 6.48. The summed E-state index contributed by atoms with van der Waals surface area (Å²) in [6.45, 7) is 1.73. The topological polar surface area (TPSA) is 36.9 Å². The second kappa shape index (κ2) is 12.6. The van der Waals surface area contributed by atoms with Crippen LogP contribution in [0.5, 0.6) is 11.5 Å². The van der Waals surface area contributed by atoms with E-state index in [-0.39, 0.29) is 11.0 Å². The zero-order valence-electron chi connectivity index (χ0n) is 35.3. The van der Waals surface area contributed by atoms with Crippen LogP contribution in [0, 0.1) is 10.7 Å². The third kappa shape index (κ3) is 5.58. The smallest absolute Gasteiger partial charge is 0.0579 e. The number of nitrogens with zero attached hydrogens (tertiary/aromatic N) is 4. The molecule has 9 rings (SSSR count). The van der Waals surface area contributed by atoms with Gasteiger partial charge in [-0.15, -0.1) is 0 Å². The summed E-state index contributed by atoms with van der Waals surface area (Å²) in [6.07, 6.45) is 6.02. The molecule has 1 aliphatic rings. The van der Waals surface area contributed by atoms with E-state index in [9.17, 15) is 0 Å². The number of ether oxygens (including phenoxy) is 1. The molecule has 0 saturated heterocycles. The first-order valence-electron chi connectivity index (χ1n) is 20.7. The van der Waals surface area contributed by atoms with Crippen molar-refractivity contribution in [3.63, 3.8) is 0 Å². The van der Waals surface area contributed by atoms with Crippen molar-refractivity contribution >= 4 is 32.8 Å². The summed E-state index contributed by atoms with van der Waals surface area (Å²) < 4.78 is 63.2. The van der Waals surface area contributed by atoms with Gasteiger partial charge in [-0.3, -0.25) is 0 Å². The molecule has 3 heterocycles. The number of imidazole rings is 1. The molecule has 0 saturated carbocycles. The summed E-state index contributed by atoms with van der Waals surface area (Å²) >= 11 is 2.07. The molecule has 0 aliphatic heterocycles. The van der Waals surface area contributed by atoms with E-state index in [1.165, 1.54) is 21.3 Å². The van der Waals surface area contributed by atoms with E-state index in [2.05, 4.69) is 75.0 Å². The molecule has 3 aromatic heterocycles. The molecule has 52 heavy (non-hydrogen) atoms. The van der Waals surface area contributed by atoms with Crippen molar-refractivity contribution < 1.29 is 32.3 Å². The number of pyridine rings is 1. The van der Waals surface area contributed by atoms with Gasteiger partial charge in [0.2, 0.25) is 0 Å². The molecule has 5 aromatic carbocycles. The van der Waals surface area contributed by atoms with Crippen LogP contribution in [0.3, 0.4) is 0 Å². The number of para-hydroxylation sites is 2. The maximum atomic E-state index is 8.65. The molecule has 0 fully saturated rings. The Hall–Kier alpha value is -4.99. The number of rotatable bonds is 5. The predicted molar refractivity (Wildman–Crippen MR) is 210 cm³/mol. The molecule has 262 valence electrons. The van der Waals surface area contributed by atoms with Crippen LogP contribution in [0.4, 0.5) is 0 Å². The minimum atomic E-state index is -2.39. The standard InChI is InChI=1S/C46H42N4O.Pt/c1-30-23-45(47-28-40(30)31-17-19-34(20-18-31)46(2,3)4)50-43-25-33-12-7-6-11-32(33)24-39(43)38-22-21-37(27-44(38)50)51-36-14-10-13-35(26-36)49-29-48(5)41-15-8-9-16-42(41)49;/h8-10,13-28H,6-7,11-12H2,1-5H3;/i1D3,5D3;. The summed E-state index contributed by atoms with van der Waals surface area (Å²) in [6, 6.07) is 35.5. The number of aromatic nitrogens is 4. The van der Waals surface area contributed by atoms with Gasteiger partial charge in [-0.2, -0.15) is 0 Å². The van der Waals surface area contributed by atoms with E-state index in [1.807, 2.05) is 77.4 Å². The fourth-order valence-corrected chi connectivity index (χ4v) is 8.51. The summed E-state index contributed by atoms with van der Waals surface area (Å²) in [5.41, 5.74) is 9.40. The molecule has 0 spiro atoms. The van der Waals surface area contributed by atoms with Gasteiger partial charge in [0, 0.05) is 15.9 Å². The van der Waals surface area contributed by atoms with Crippen LogP contribution in [0.2, 0.25) is 0 Å². The number of hydrogen-bond acceptors (Lipinski definition) is 2. The molecule has 5 nitrogen and oxygen atoms in total. The first kappa shape index (κ1) is 26.7. The van der Waals surface area contributed by atoms with Gasteiger partial charge in [0.05, 0.1) is 0 Å². The van der Waals surface area contributed by atoms with Crippen LogP contribution < -0.4 is 4.74 Å². The average Bonchev–Trinajstić information content (AvgIpc) is 3.66. The van der Waals surface area contributed by atoms with E-state index in [4.69, 9.17) is 17.9 Å². The van der Waals surface area contributed by atoms with Crippen molar-refractivity contribution in [3.05, 3.63) is 141 Å². The second-order valence-corrected chi connectivity index (χ2v) is 15.8. The fourth-order valence-electron chi connectivity index (χ4n) is 7.67. The Balaban J connectivity index is 1.18. The summed E-state index contributed by atoms with van der Waals surface area (Å²) in [5.74, 6) is 1.69. The monoisotopic (exact) mass is 867 g/mol. The van der Waals surface area contributed by atoms with Crippen molar-refractivity contribution in [1.29, 1.82) is 0 Å². The molecule has 0 amide bonds. The third-order valence-electron chi connectivity index (χ3n) is 10.4. The number of hydrogen-bond donors (Lipinski definition) is 0. The van der Waals surface area contributed by atoms with Gasteiger partial charge in [-0.05, 0) is 65.8 Å². The minimum absolute atomic E-state index is 0.0324. The third-order valence-corrected chi connectivity index (χ3v) is 11.4. The average molecular weight is 868 g/mol. The maximum absolute atomic E-state index is 8.65. The second-order valence-electron chi connectivity index (χ2n) is 14.8. The van der Waals surface area contributed by atoms with Crippen LogP contribution in [0.25, 0.3) is 55.5 Å². The Morgan fingerprint density at radius 2 is 1.46 bits per heavy atom. The quantitative estimate of drug-likeness (QED) is 0.173. The van der Waals surface area contributed by atoms with Gasteiger partial charge >= 0.3 is 198 Å². The number of benzene rings is 5. The van der Waals surface area contributed by atoms with Gasteiger partial charge in [0.1, 0.15) is 0 Å². The Morgan fingerprint density at radius 1 is 0.712 bits per heavy atom. The van der Waals surface area contributed by atoms with Crippen molar-refractivity contribution in [2.45, 2.75) is 58.7 Å². The van der Waals surface area contributed by atoms with Gasteiger partial charge in [0.25, 0.3) is 0 Å². The number of fused-ring (bicyclic) bond motifs is 5. The fraction of sp³-hybridized carbons (Fsp3) is 0.217. The normalized spacial score (nSPS) is 15.5. The van der Waals surface area contributed by atoms with Crippen molar-refractivity contribution in [2.24, 2.45) is 6.98 Å². The first-order chi connectivity index (χ1) is 27.6. The minimum Gasteiger partial charge on any atom is -0.0579 e. The molecule has 8 aromatic rings. The summed E-state index contributed by atoms with van der Waals surface area (Å²) in [7, 11) is 0. The molecule has 0 bridgehead atoms. The first-order valence-corrected chi connectivity index (χ1v) is 18.9. The molecule has 0 radical (unpaired) electrons. The Morgan fingerprint density at radius 3 is 2.23 bits per heavy atom. The van der Waals surface area contributed by atoms with Gasteiger partial charge < -0.3 is 0 Å². The van der Waals surface area contributed by atoms with E-state index >= 15 is 0 Å². The zero-order valence-corrected chi connectivity index (χ0v) is 31.6. The predicted octanol–water partition coefficient (Wildman–Crippen LogP) is 11.5. The van der Waals surface area contributed by atoms with Gasteiger partial charge in [-0.1, -0.05) is 45.0 Å². The molecular weight excluding hydrogens is 820 g/mol. The van der Waals surface area contributed by atoms with E-state index in [0.717, 1.165) is 64.3 Å². The Bertz CT molecular complexity index is 2970. The van der Waals surface area contributed by atoms with Crippen LogP contribution >= 0.6 is 0 Å².